The van der Waals surface area contributed by atoms with Crippen LogP contribution in [0.5, 0.6) is 11.5 Å². The number of ether oxygens (including phenoxy) is 2. The number of hydrazone groups is 1. The molecule has 0 saturated heterocycles. The van der Waals surface area contributed by atoms with Gasteiger partial charge in [-0.2, -0.15) is 5.10 Å². The highest BCUT2D eigenvalue weighted by atomic mass is 16.5. The van der Waals surface area contributed by atoms with Gasteiger partial charge in [0.2, 0.25) is 0 Å². The lowest BCUT2D eigenvalue weighted by Gasteiger charge is -2.12. The van der Waals surface area contributed by atoms with Gasteiger partial charge in [0.25, 0.3) is 5.91 Å². The zero-order valence-corrected chi connectivity index (χ0v) is 15.5. The Morgan fingerprint density at radius 2 is 1.86 bits per heavy atom. The average molecular weight is 375 g/mol. The number of amides is 1. The van der Waals surface area contributed by atoms with E-state index in [2.05, 4.69) is 15.5 Å². The number of hydrogen-bond acceptors (Lipinski definition) is 5. The molecule has 1 aromatic heterocycles. The summed E-state index contributed by atoms with van der Waals surface area (Å²) in [4.78, 5) is 15.9. The number of carbonyl (C=O) groups excluding carboxylic acids is 1. The summed E-state index contributed by atoms with van der Waals surface area (Å²) in [5, 5.41) is 3.98. The minimum absolute atomic E-state index is 0.305. The van der Waals surface area contributed by atoms with Gasteiger partial charge in [0.15, 0.2) is 11.5 Å². The molecule has 0 atom stereocenters. The van der Waals surface area contributed by atoms with E-state index < -0.39 is 0 Å². The zero-order valence-electron chi connectivity index (χ0n) is 15.5. The molecule has 0 spiro atoms. The quantitative estimate of drug-likeness (QED) is 0.480. The van der Waals surface area contributed by atoms with Gasteiger partial charge in [-0.15, -0.1) is 0 Å². The molecule has 3 rings (SSSR count). The maximum absolute atomic E-state index is 11.9. The van der Waals surface area contributed by atoms with Crippen molar-refractivity contribution in [2.75, 3.05) is 6.61 Å². The number of benzene rings is 2. The second kappa shape index (κ2) is 9.87. The lowest BCUT2D eigenvalue weighted by molar-refractivity contribution is 0.0950. The molecular weight excluding hydrogens is 354 g/mol. The van der Waals surface area contributed by atoms with Crippen LogP contribution < -0.4 is 14.9 Å². The normalized spacial score (nSPS) is 10.6. The van der Waals surface area contributed by atoms with Crippen molar-refractivity contribution < 1.29 is 14.3 Å². The predicted octanol–water partition coefficient (Wildman–Crippen LogP) is 3.82. The number of nitrogens with zero attached hydrogens (tertiary/aromatic N) is 2. The van der Waals surface area contributed by atoms with Crippen molar-refractivity contribution in [1.82, 2.24) is 10.4 Å². The number of aromatic nitrogens is 1. The summed E-state index contributed by atoms with van der Waals surface area (Å²) in [7, 11) is 0. The van der Waals surface area contributed by atoms with Crippen molar-refractivity contribution in [3.05, 3.63) is 89.7 Å². The molecule has 142 valence electrons. The lowest BCUT2D eigenvalue weighted by Crippen LogP contribution is -2.18. The van der Waals surface area contributed by atoms with E-state index in [1.165, 1.54) is 0 Å². The van der Waals surface area contributed by atoms with Crippen LogP contribution in [0.15, 0.2) is 78.0 Å². The monoisotopic (exact) mass is 375 g/mol. The smallest absolute Gasteiger partial charge is 0.289 e. The van der Waals surface area contributed by atoms with E-state index in [0.717, 1.165) is 11.1 Å². The fourth-order valence-corrected chi connectivity index (χ4v) is 2.45. The van der Waals surface area contributed by atoms with Crippen molar-refractivity contribution in [2.45, 2.75) is 13.5 Å². The molecule has 0 aliphatic carbocycles. The fraction of sp³-hybridized carbons (Fsp3) is 0.136. The third-order valence-electron chi connectivity index (χ3n) is 3.78. The Balaban J connectivity index is 1.65. The summed E-state index contributed by atoms with van der Waals surface area (Å²) < 4.78 is 11.6. The van der Waals surface area contributed by atoms with Gasteiger partial charge in [-0.05, 0) is 48.4 Å². The summed E-state index contributed by atoms with van der Waals surface area (Å²) in [5.74, 6) is 0.906. The Bertz CT molecular complexity index is 928. The van der Waals surface area contributed by atoms with Crippen molar-refractivity contribution >= 4 is 12.1 Å². The van der Waals surface area contributed by atoms with Crippen LogP contribution in [0, 0.1) is 0 Å². The minimum Gasteiger partial charge on any atom is -0.490 e. The maximum Gasteiger partial charge on any atom is 0.289 e. The molecule has 1 heterocycles. The first kappa shape index (κ1) is 19.1. The first-order valence-electron chi connectivity index (χ1n) is 8.94. The maximum atomic E-state index is 11.9. The van der Waals surface area contributed by atoms with Gasteiger partial charge in [-0.25, -0.2) is 5.43 Å². The average Bonchev–Trinajstić information content (AvgIpc) is 2.75. The molecule has 0 saturated carbocycles. The van der Waals surface area contributed by atoms with Crippen LogP contribution in [0.4, 0.5) is 0 Å². The third-order valence-corrected chi connectivity index (χ3v) is 3.78. The first-order chi connectivity index (χ1) is 13.8. The molecule has 1 amide bonds. The minimum atomic E-state index is -0.371. The second-order valence-electron chi connectivity index (χ2n) is 5.83. The van der Waals surface area contributed by atoms with Gasteiger partial charge < -0.3 is 9.47 Å². The van der Waals surface area contributed by atoms with Crippen molar-refractivity contribution in [3.63, 3.8) is 0 Å². The molecule has 28 heavy (non-hydrogen) atoms. The van der Waals surface area contributed by atoms with Crippen LogP contribution in [0.3, 0.4) is 0 Å². The number of pyridine rings is 1. The van der Waals surface area contributed by atoms with E-state index in [-0.39, 0.29) is 5.91 Å². The Labute approximate surface area is 163 Å². The van der Waals surface area contributed by atoms with Crippen LogP contribution in [0.25, 0.3) is 0 Å². The van der Waals surface area contributed by atoms with Gasteiger partial charge in [0, 0.05) is 6.20 Å². The molecule has 0 fully saturated rings. The highest BCUT2D eigenvalue weighted by Crippen LogP contribution is 2.28. The molecule has 2 aromatic carbocycles. The highest BCUT2D eigenvalue weighted by molar-refractivity contribution is 5.93. The molecule has 6 nitrogen and oxygen atoms in total. The molecule has 0 aliphatic heterocycles. The fourth-order valence-electron chi connectivity index (χ4n) is 2.45. The first-order valence-corrected chi connectivity index (χ1v) is 8.94. The van der Waals surface area contributed by atoms with E-state index in [0.29, 0.717) is 30.4 Å². The van der Waals surface area contributed by atoms with Crippen LogP contribution in [0.1, 0.15) is 28.5 Å². The van der Waals surface area contributed by atoms with Gasteiger partial charge >= 0.3 is 0 Å². The largest absolute Gasteiger partial charge is 0.490 e. The lowest BCUT2D eigenvalue weighted by atomic mass is 10.2. The summed E-state index contributed by atoms with van der Waals surface area (Å²) in [6.45, 7) is 2.88. The Morgan fingerprint density at radius 3 is 2.61 bits per heavy atom. The van der Waals surface area contributed by atoms with Crippen LogP contribution >= 0.6 is 0 Å². The van der Waals surface area contributed by atoms with Crippen molar-refractivity contribution in [3.8, 4) is 11.5 Å². The van der Waals surface area contributed by atoms with Crippen LogP contribution in [-0.2, 0) is 6.61 Å². The van der Waals surface area contributed by atoms with Gasteiger partial charge in [-0.1, -0.05) is 36.4 Å². The van der Waals surface area contributed by atoms with Crippen LogP contribution in [-0.4, -0.2) is 23.7 Å². The molecular formula is C22H21N3O3. The molecule has 0 unspecified atom stereocenters. The molecule has 1 N–H and O–H groups in total. The summed E-state index contributed by atoms with van der Waals surface area (Å²) in [5.41, 5.74) is 4.61. The van der Waals surface area contributed by atoms with Crippen molar-refractivity contribution in [2.24, 2.45) is 5.10 Å². The highest BCUT2D eigenvalue weighted by Gasteiger charge is 2.07. The summed E-state index contributed by atoms with van der Waals surface area (Å²) >= 11 is 0. The summed E-state index contributed by atoms with van der Waals surface area (Å²) in [6.07, 6.45) is 3.10. The third kappa shape index (κ3) is 5.41. The van der Waals surface area contributed by atoms with E-state index in [1.807, 2.05) is 55.5 Å². The SMILES string of the molecule is CCOc1cc(/C=N\NC(=O)c2ccccn2)ccc1OCc1ccccc1. The van der Waals surface area contributed by atoms with E-state index in [1.54, 1.807) is 30.6 Å². The number of hydrogen-bond donors (Lipinski definition) is 1. The second-order valence-corrected chi connectivity index (χ2v) is 5.83. The van der Waals surface area contributed by atoms with E-state index in [9.17, 15) is 4.79 Å². The van der Waals surface area contributed by atoms with Crippen LogP contribution in [0.2, 0.25) is 0 Å². The number of carbonyl (C=O) groups is 1. The Kier molecular flexibility index (Phi) is 6.73. The molecule has 3 aromatic rings. The number of rotatable bonds is 8. The van der Waals surface area contributed by atoms with Crippen molar-refractivity contribution in [1.29, 1.82) is 0 Å². The van der Waals surface area contributed by atoms with Gasteiger partial charge in [0.1, 0.15) is 12.3 Å². The Morgan fingerprint density at radius 1 is 1.04 bits per heavy atom. The van der Waals surface area contributed by atoms with Gasteiger partial charge in [-0.3, -0.25) is 9.78 Å². The van der Waals surface area contributed by atoms with Gasteiger partial charge in [0.05, 0.1) is 12.8 Å². The standard InChI is InChI=1S/C22H21N3O3/c1-2-27-21-14-18(15-24-25-22(26)19-10-6-7-13-23-19)11-12-20(21)28-16-17-8-4-3-5-9-17/h3-15H,2,16H2,1H3,(H,25,26)/b24-15-. The summed E-state index contributed by atoms with van der Waals surface area (Å²) in [6, 6.07) is 20.5. The zero-order chi connectivity index (χ0) is 19.6. The van der Waals surface area contributed by atoms with E-state index in [4.69, 9.17) is 9.47 Å². The molecule has 0 aliphatic rings. The topological polar surface area (TPSA) is 72.8 Å². The molecule has 0 bridgehead atoms. The molecule has 6 heteroatoms. The molecule has 0 radical (unpaired) electrons. The number of nitrogens with one attached hydrogen (secondary N) is 1. The Hall–Kier alpha value is -3.67. The predicted molar refractivity (Wildman–Crippen MR) is 108 cm³/mol. The van der Waals surface area contributed by atoms with E-state index >= 15 is 0 Å².